The molecular weight excluding hydrogens is 273 g/mol. The lowest BCUT2D eigenvalue weighted by atomic mass is 10.3. The van der Waals surface area contributed by atoms with Gasteiger partial charge >= 0.3 is 0 Å². The van der Waals surface area contributed by atoms with Gasteiger partial charge < -0.3 is 0 Å². The van der Waals surface area contributed by atoms with Gasteiger partial charge in [-0.3, -0.25) is 0 Å². The molecule has 78 valence electrons. The fourth-order valence-electron chi connectivity index (χ4n) is 0.914. The lowest BCUT2D eigenvalue weighted by Gasteiger charge is -2.01. The van der Waals surface area contributed by atoms with Crippen molar-refractivity contribution in [2.75, 3.05) is 0 Å². The molecule has 0 aliphatic rings. The highest BCUT2D eigenvalue weighted by Gasteiger charge is 2.05. The second-order valence-corrected chi connectivity index (χ2v) is 5.38. The molecule has 7 heteroatoms. The third kappa shape index (κ3) is 3.04. The van der Waals surface area contributed by atoms with Crippen LogP contribution < -0.4 is 0 Å². The van der Waals surface area contributed by atoms with E-state index in [1.807, 2.05) is 6.07 Å². The second-order valence-electron chi connectivity index (χ2n) is 2.58. The molecule has 2 aromatic heterocycles. The summed E-state index contributed by atoms with van der Waals surface area (Å²) in [7, 11) is 0. The van der Waals surface area contributed by atoms with Crippen molar-refractivity contribution in [3.05, 3.63) is 33.5 Å². The van der Waals surface area contributed by atoms with Crippen LogP contribution in [0.1, 0.15) is 5.56 Å². The van der Waals surface area contributed by atoms with Crippen molar-refractivity contribution in [3.8, 4) is 0 Å². The van der Waals surface area contributed by atoms with Gasteiger partial charge in [0.15, 0.2) is 4.34 Å². The highest BCUT2D eigenvalue weighted by atomic mass is 35.5. The lowest BCUT2D eigenvalue weighted by Crippen LogP contribution is -1.86. The minimum absolute atomic E-state index is 0.407. The number of thioether (sulfide) groups is 1. The van der Waals surface area contributed by atoms with E-state index in [0.29, 0.717) is 10.3 Å². The summed E-state index contributed by atoms with van der Waals surface area (Å²) < 4.78 is 0.918. The van der Waals surface area contributed by atoms with E-state index in [1.165, 1.54) is 11.3 Å². The highest BCUT2D eigenvalue weighted by Crippen LogP contribution is 2.27. The van der Waals surface area contributed by atoms with Gasteiger partial charge in [-0.25, -0.2) is 4.98 Å². The van der Waals surface area contributed by atoms with Crippen molar-refractivity contribution < 1.29 is 0 Å². The van der Waals surface area contributed by atoms with Crippen LogP contribution in [-0.2, 0) is 5.75 Å². The van der Waals surface area contributed by atoms with Gasteiger partial charge in [-0.2, -0.15) is 0 Å². The zero-order chi connectivity index (χ0) is 10.7. The van der Waals surface area contributed by atoms with Gasteiger partial charge in [0.1, 0.15) is 15.8 Å². The third-order valence-electron chi connectivity index (χ3n) is 1.58. The minimum Gasteiger partial charge on any atom is -0.224 e. The van der Waals surface area contributed by atoms with Crippen molar-refractivity contribution in [1.82, 2.24) is 15.2 Å². The molecule has 0 atom stereocenters. The Hall–Kier alpha value is -0.360. The lowest BCUT2D eigenvalue weighted by molar-refractivity contribution is 1.01. The summed E-state index contributed by atoms with van der Waals surface area (Å²) in [6.45, 7) is 0. The van der Waals surface area contributed by atoms with Crippen LogP contribution in [0.3, 0.4) is 0 Å². The molecule has 0 N–H and O–H groups in total. The van der Waals surface area contributed by atoms with E-state index in [4.69, 9.17) is 23.2 Å². The van der Waals surface area contributed by atoms with E-state index >= 15 is 0 Å². The molecule has 3 nitrogen and oxygen atoms in total. The van der Waals surface area contributed by atoms with Crippen molar-refractivity contribution >= 4 is 46.3 Å². The smallest absolute Gasteiger partial charge is 0.174 e. The standard InChI is InChI=1S/C8H5Cl2N3S2/c9-6-2-1-5(7(10)12-6)3-14-8-13-11-4-15-8/h1-2,4H,3H2. The van der Waals surface area contributed by atoms with Crippen LogP contribution >= 0.6 is 46.3 Å². The monoisotopic (exact) mass is 277 g/mol. The number of hydrogen-bond donors (Lipinski definition) is 0. The Kier molecular flexibility index (Phi) is 3.80. The molecule has 2 heterocycles. The molecule has 0 radical (unpaired) electrons. The maximum absolute atomic E-state index is 5.93. The molecule has 0 saturated heterocycles. The first-order chi connectivity index (χ1) is 7.25. The van der Waals surface area contributed by atoms with Gasteiger partial charge in [0.05, 0.1) is 0 Å². The molecule has 0 aliphatic heterocycles. The summed E-state index contributed by atoms with van der Waals surface area (Å²) in [4.78, 5) is 3.96. The predicted molar refractivity (Wildman–Crippen MR) is 63.7 cm³/mol. The Morgan fingerprint density at radius 3 is 2.87 bits per heavy atom. The second kappa shape index (κ2) is 5.12. The number of pyridine rings is 1. The SMILES string of the molecule is Clc1ccc(CSc2nncs2)c(Cl)n1. The summed E-state index contributed by atoms with van der Waals surface area (Å²) in [5.41, 5.74) is 2.64. The van der Waals surface area contributed by atoms with Gasteiger partial charge in [-0.15, -0.1) is 10.2 Å². The van der Waals surface area contributed by atoms with Crippen LogP contribution in [0.15, 0.2) is 22.0 Å². The summed E-state index contributed by atoms with van der Waals surface area (Å²) >= 11 is 14.7. The molecule has 2 rings (SSSR count). The van der Waals surface area contributed by atoms with Crippen LogP contribution in [-0.4, -0.2) is 15.2 Å². The predicted octanol–water partition coefficient (Wildman–Crippen LogP) is 3.53. The average Bonchev–Trinajstić information content (AvgIpc) is 2.69. The fourth-order valence-corrected chi connectivity index (χ4v) is 2.88. The number of nitrogens with zero attached hydrogens (tertiary/aromatic N) is 3. The van der Waals surface area contributed by atoms with Crippen molar-refractivity contribution in [2.45, 2.75) is 10.1 Å². The average molecular weight is 278 g/mol. The largest absolute Gasteiger partial charge is 0.224 e. The van der Waals surface area contributed by atoms with E-state index < -0.39 is 0 Å². The van der Waals surface area contributed by atoms with Crippen LogP contribution in [0.25, 0.3) is 0 Å². The summed E-state index contributed by atoms with van der Waals surface area (Å²) in [6.07, 6.45) is 0. The Morgan fingerprint density at radius 2 is 2.20 bits per heavy atom. The maximum atomic E-state index is 5.93. The van der Waals surface area contributed by atoms with Gasteiger partial charge in [-0.05, 0) is 11.6 Å². The van der Waals surface area contributed by atoms with Crippen LogP contribution in [0.2, 0.25) is 10.3 Å². The van der Waals surface area contributed by atoms with E-state index in [1.54, 1.807) is 23.3 Å². The van der Waals surface area contributed by atoms with E-state index in [9.17, 15) is 0 Å². The fraction of sp³-hybridized carbons (Fsp3) is 0.125. The van der Waals surface area contributed by atoms with Crippen molar-refractivity contribution in [3.63, 3.8) is 0 Å². The van der Waals surface area contributed by atoms with Gasteiger partial charge in [-0.1, -0.05) is 52.4 Å². The molecule has 0 bridgehead atoms. The maximum Gasteiger partial charge on any atom is 0.174 e. The molecule has 0 aromatic carbocycles. The highest BCUT2D eigenvalue weighted by molar-refractivity contribution is 8.00. The Balaban J connectivity index is 2.05. The van der Waals surface area contributed by atoms with E-state index in [-0.39, 0.29) is 0 Å². The number of halogens is 2. The summed E-state index contributed by atoms with van der Waals surface area (Å²) in [5.74, 6) is 0.720. The zero-order valence-corrected chi connectivity index (χ0v) is 10.5. The Bertz CT molecular complexity index is 447. The molecule has 2 aromatic rings. The van der Waals surface area contributed by atoms with Gasteiger partial charge in [0.2, 0.25) is 0 Å². The number of aromatic nitrogens is 3. The Labute approximate surface area is 105 Å². The number of rotatable bonds is 3. The van der Waals surface area contributed by atoms with Crippen LogP contribution in [0.5, 0.6) is 0 Å². The Morgan fingerprint density at radius 1 is 1.33 bits per heavy atom. The first-order valence-electron chi connectivity index (χ1n) is 3.95. The molecule has 0 amide bonds. The minimum atomic E-state index is 0.407. The van der Waals surface area contributed by atoms with Crippen molar-refractivity contribution in [1.29, 1.82) is 0 Å². The molecule has 0 saturated carbocycles. The first kappa shape index (κ1) is 11.1. The van der Waals surface area contributed by atoms with Gasteiger partial charge in [0, 0.05) is 5.75 Å². The van der Waals surface area contributed by atoms with Crippen molar-refractivity contribution in [2.24, 2.45) is 0 Å². The third-order valence-corrected chi connectivity index (χ3v) is 4.03. The quantitative estimate of drug-likeness (QED) is 0.636. The summed E-state index contributed by atoms with van der Waals surface area (Å²) in [5, 5.41) is 8.52. The summed E-state index contributed by atoms with van der Waals surface area (Å²) in [6, 6.07) is 3.59. The molecule has 0 aliphatic carbocycles. The van der Waals surface area contributed by atoms with E-state index in [0.717, 1.165) is 15.7 Å². The van der Waals surface area contributed by atoms with E-state index in [2.05, 4.69) is 15.2 Å². The molecule has 0 unspecified atom stereocenters. The normalized spacial score (nSPS) is 10.5. The molecule has 15 heavy (non-hydrogen) atoms. The topological polar surface area (TPSA) is 38.7 Å². The van der Waals surface area contributed by atoms with Crippen LogP contribution in [0, 0.1) is 0 Å². The van der Waals surface area contributed by atoms with Gasteiger partial charge in [0.25, 0.3) is 0 Å². The zero-order valence-electron chi connectivity index (χ0n) is 7.35. The van der Waals surface area contributed by atoms with Crippen LogP contribution in [0.4, 0.5) is 0 Å². The molecule has 0 fully saturated rings. The number of hydrogen-bond acceptors (Lipinski definition) is 5. The first-order valence-corrected chi connectivity index (χ1v) is 6.58. The molecular formula is C8H5Cl2N3S2. The molecule has 0 spiro atoms.